The van der Waals surface area contributed by atoms with Crippen molar-refractivity contribution in [1.82, 2.24) is 15.2 Å². The average Bonchev–Trinajstić information content (AvgIpc) is 2.77. The summed E-state index contributed by atoms with van der Waals surface area (Å²) in [6.45, 7) is 2.22. The Labute approximate surface area is 110 Å². The third-order valence-electron chi connectivity index (χ3n) is 3.18. The molecule has 1 saturated heterocycles. The first-order chi connectivity index (χ1) is 9.02. The zero-order valence-electron chi connectivity index (χ0n) is 10.8. The van der Waals surface area contributed by atoms with Crippen LogP contribution in [0.1, 0.15) is 19.0 Å². The molecule has 104 valence electrons. The molecule has 1 aliphatic heterocycles. The monoisotopic (exact) mass is 269 g/mol. The number of halogens is 2. The number of likely N-dealkylation sites (N-methyl/N-ethyl adjacent to an activating group) is 1. The lowest BCUT2D eigenvalue weighted by Crippen LogP contribution is -2.43. The maximum absolute atomic E-state index is 13.1. The Kier molecular flexibility index (Phi) is 4.09. The summed E-state index contributed by atoms with van der Waals surface area (Å²) in [5, 5.41) is 2.59. The standard InChI is InChI=1S/C13H17F2N3O/c1-2-18(8-10-5-3-4-6-16-10)12(19)11-7-13(14,15)9-17-11/h3-6,11,17H,2,7-9H2,1H3. The fraction of sp³-hybridized carbons (Fsp3) is 0.538. The van der Waals surface area contributed by atoms with Gasteiger partial charge in [-0.15, -0.1) is 0 Å². The van der Waals surface area contributed by atoms with Crippen molar-refractivity contribution in [3.8, 4) is 0 Å². The highest BCUT2D eigenvalue weighted by atomic mass is 19.3. The number of nitrogens with zero attached hydrogens (tertiary/aromatic N) is 2. The van der Waals surface area contributed by atoms with E-state index in [1.165, 1.54) is 0 Å². The van der Waals surface area contributed by atoms with E-state index in [0.717, 1.165) is 5.69 Å². The second kappa shape index (κ2) is 5.61. The van der Waals surface area contributed by atoms with E-state index >= 15 is 0 Å². The van der Waals surface area contributed by atoms with Gasteiger partial charge in [0.1, 0.15) is 0 Å². The molecule has 1 N–H and O–H groups in total. The van der Waals surface area contributed by atoms with Gasteiger partial charge in [0, 0.05) is 19.2 Å². The zero-order chi connectivity index (χ0) is 13.9. The number of aromatic nitrogens is 1. The smallest absolute Gasteiger partial charge is 0.262 e. The minimum Gasteiger partial charge on any atom is -0.336 e. The molecule has 1 aromatic heterocycles. The first-order valence-corrected chi connectivity index (χ1v) is 6.32. The van der Waals surface area contributed by atoms with Gasteiger partial charge in [-0.1, -0.05) is 6.07 Å². The first-order valence-electron chi connectivity index (χ1n) is 6.32. The number of nitrogens with one attached hydrogen (secondary N) is 1. The minimum atomic E-state index is -2.79. The van der Waals surface area contributed by atoms with E-state index in [-0.39, 0.29) is 5.91 Å². The fourth-order valence-corrected chi connectivity index (χ4v) is 2.14. The van der Waals surface area contributed by atoms with Crippen LogP contribution >= 0.6 is 0 Å². The Balaban J connectivity index is 2.00. The average molecular weight is 269 g/mol. The SMILES string of the molecule is CCN(Cc1ccccn1)C(=O)C1CC(F)(F)CN1. The molecule has 0 saturated carbocycles. The van der Waals surface area contributed by atoms with Gasteiger partial charge in [0.05, 0.1) is 24.8 Å². The van der Waals surface area contributed by atoms with Crippen LogP contribution in [0.25, 0.3) is 0 Å². The predicted molar refractivity (Wildman–Crippen MR) is 66.7 cm³/mol. The van der Waals surface area contributed by atoms with Crippen molar-refractivity contribution in [1.29, 1.82) is 0 Å². The van der Waals surface area contributed by atoms with Gasteiger partial charge in [-0.25, -0.2) is 8.78 Å². The summed E-state index contributed by atoms with van der Waals surface area (Å²) in [5.41, 5.74) is 0.752. The number of carbonyl (C=O) groups is 1. The lowest BCUT2D eigenvalue weighted by Gasteiger charge is -2.23. The zero-order valence-corrected chi connectivity index (χ0v) is 10.8. The molecular weight excluding hydrogens is 252 g/mol. The molecule has 0 aliphatic carbocycles. The minimum absolute atomic E-state index is 0.287. The predicted octanol–water partition coefficient (Wildman–Crippen LogP) is 1.43. The highest BCUT2D eigenvalue weighted by Crippen LogP contribution is 2.26. The van der Waals surface area contributed by atoms with Gasteiger partial charge < -0.3 is 4.90 Å². The molecule has 2 heterocycles. The van der Waals surface area contributed by atoms with Crippen molar-refractivity contribution in [2.24, 2.45) is 0 Å². The van der Waals surface area contributed by atoms with Crippen LogP contribution in [0.2, 0.25) is 0 Å². The third kappa shape index (κ3) is 3.47. The molecule has 19 heavy (non-hydrogen) atoms. The molecule has 0 radical (unpaired) electrons. The van der Waals surface area contributed by atoms with E-state index in [2.05, 4.69) is 10.3 Å². The number of rotatable bonds is 4. The van der Waals surface area contributed by atoms with E-state index in [4.69, 9.17) is 0 Å². The summed E-state index contributed by atoms with van der Waals surface area (Å²) in [5.74, 6) is -3.07. The first kappa shape index (κ1) is 13.9. The number of amides is 1. The molecule has 0 aromatic carbocycles. The summed E-state index contributed by atoms with van der Waals surface area (Å²) < 4.78 is 26.2. The molecule has 0 spiro atoms. The van der Waals surface area contributed by atoms with Gasteiger partial charge in [0.15, 0.2) is 0 Å². The van der Waals surface area contributed by atoms with Gasteiger partial charge in [0.25, 0.3) is 5.92 Å². The molecular formula is C13H17F2N3O. The molecule has 2 rings (SSSR count). The summed E-state index contributed by atoms with van der Waals surface area (Å²) in [4.78, 5) is 17.9. The topological polar surface area (TPSA) is 45.2 Å². The molecule has 6 heteroatoms. The number of carbonyl (C=O) groups excluding carboxylic acids is 1. The highest BCUT2D eigenvalue weighted by molar-refractivity contribution is 5.82. The summed E-state index contributed by atoms with van der Waals surface area (Å²) in [6, 6.07) is 4.65. The van der Waals surface area contributed by atoms with Crippen LogP contribution in [-0.4, -0.2) is 40.8 Å². The van der Waals surface area contributed by atoms with E-state index in [1.807, 2.05) is 19.1 Å². The number of hydrogen-bond donors (Lipinski definition) is 1. The number of pyridine rings is 1. The van der Waals surface area contributed by atoms with Gasteiger partial charge in [-0.05, 0) is 19.1 Å². The van der Waals surface area contributed by atoms with E-state index in [1.54, 1.807) is 17.2 Å². The van der Waals surface area contributed by atoms with E-state index in [0.29, 0.717) is 13.1 Å². The summed E-state index contributed by atoms with van der Waals surface area (Å²) >= 11 is 0. The maximum Gasteiger partial charge on any atom is 0.262 e. The van der Waals surface area contributed by atoms with Crippen LogP contribution in [0.5, 0.6) is 0 Å². The number of alkyl halides is 2. The van der Waals surface area contributed by atoms with Crippen molar-refractivity contribution in [3.63, 3.8) is 0 Å². The number of hydrogen-bond acceptors (Lipinski definition) is 3. The van der Waals surface area contributed by atoms with Crippen LogP contribution in [0.15, 0.2) is 24.4 Å². The van der Waals surface area contributed by atoms with E-state index < -0.39 is 24.9 Å². The van der Waals surface area contributed by atoms with Crippen LogP contribution in [0, 0.1) is 0 Å². The molecule has 0 bridgehead atoms. The van der Waals surface area contributed by atoms with Gasteiger partial charge in [-0.2, -0.15) is 0 Å². The molecule has 1 aromatic rings. The Morgan fingerprint density at radius 2 is 2.37 bits per heavy atom. The molecule has 1 atom stereocenters. The Bertz CT molecular complexity index is 439. The van der Waals surface area contributed by atoms with Gasteiger partial charge >= 0.3 is 0 Å². The Morgan fingerprint density at radius 1 is 1.58 bits per heavy atom. The van der Waals surface area contributed by atoms with Crippen molar-refractivity contribution in [2.75, 3.05) is 13.1 Å². The van der Waals surface area contributed by atoms with Gasteiger partial charge in [-0.3, -0.25) is 15.1 Å². The largest absolute Gasteiger partial charge is 0.336 e. The summed E-state index contributed by atoms with van der Waals surface area (Å²) in [6.07, 6.45) is 1.22. The molecule has 4 nitrogen and oxygen atoms in total. The Hall–Kier alpha value is -1.56. The van der Waals surface area contributed by atoms with E-state index in [9.17, 15) is 13.6 Å². The fourth-order valence-electron chi connectivity index (χ4n) is 2.14. The maximum atomic E-state index is 13.1. The Morgan fingerprint density at radius 3 is 2.89 bits per heavy atom. The molecule has 1 unspecified atom stereocenters. The summed E-state index contributed by atoms with van der Waals surface area (Å²) in [7, 11) is 0. The van der Waals surface area contributed by atoms with Crippen LogP contribution in [0.3, 0.4) is 0 Å². The lowest BCUT2D eigenvalue weighted by molar-refractivity contribution is -0.134. The normalized spacial score (nSPS) is 21.3. The van der Waals surface area contributed by atoms with Crippen LogP contribution in [0.4, 0.5) is 8.78 Å². The molecule has 1 fully saturated rings. The van der Waals surface area contributed by atoms with Crippen LogP contribution in [-0.2, 0) is 11.3 Å². The third-order valence-corrected chi connectivity index (χ3v) is 3.18. The van der Waals surface area contributed by atoms with Crippen molar-refractivity contribution in [2.45, 2.75) is 31.9 Å². The van der Waals surface area contributed by atoms with Crippen molar-refractivity contribution in [3.05, 3.63) is 30.1 Å². The van der Waals surface area contributed by atoms with Crippen LogP contribution < -0.4 is 5.32 Å². The second-order valence-electron chi connectivity index (χ2n) is 4.67. The highest BCUT2D eigenvalue weighted by Gasteiger charge is 2.43. The lowest BCUT2D eigenvalue weighted by atomic mass is 10.1. The van der Waals surface area contributed by atoms with Gasteiger partial charge in [0.2, 0.25) is 5.91 Å². The van der Waals surface area contributed by atoms with Crippen molar-refractivity contribution >= 4 is 5.91 Å². The quantitative estimate of drug-likeness (QED) is 0.899. The van der Waals surface area contributed by atoms with Crippen molar-refractivity contribution < 1.29 is 13.6 Å². The second-order valence-corrected chi connectivity index (χ2v) is 4.67. The molecule has 1 aliphatic rings. The molecule has 1 amide bonds.